The minimum Gasteiger partial charge on any atom is -0.444 e. The fraction of sp³-hybridized carbons (Fsp3) is 0.529. The lowest BCUT2D eigenvalue weighted by Crippen LogP contribution is -2.29. The van der Waals surface area contributed by atoms with Crippen molar-refractivity contribution in [3.63, 3.8) is 0 Å². The predicted octanol–water partition coefficient (Wildman–Crippen LogP) is 4.30. The van der Waals surface area contributed by atoms with E-state index in [1.54, 1.807) is 39.0 Å². The minimum atomic E-state index is -0.621. The number of Topliss-reactive ketones (excluding diaryl/α,β-unsaturated/α-hetero) is 1. The van der Waals surface area contributed by atoms with Crippen LogP contribution in [0.25, 0.3) is 0 Å². The second-order valence-corrected chi connectivity index (χ2v) is 7.03. The van der Waals surface area contributed by atoms with E-state index in [1.807, 2.05) is 0 Å². The Morgan fingerprint density at radius 3 is 2.70 bits per heavy atom. The zero-order valence-corrected chi connectivity index (χ0v) is 14.4. The molecule has 2 rings (SSSR count). The maximum absolute atomic E-state index is 12.7. The first-order chi connectivity index (χ1) is 10.8. The van der Waals surface area contributed by atoms with E-state index in [4.69, 9.17) is 21.1 Å². The number of ketones is 1. The lowest BCUT2D eigenvalue weighted by Gasteiger charge is -2.23. The lowest BCUT2D eigenvalue weighted by atomic mass is 9.92. The average molecular weight is 340 g/mol. The number of carbonyl (C=O) groups is 2. The second-order valence-electron chi connectivity index (χ2n) is 6.60. The molecule has 1 fully saturated rings. The molecule has 126 valence electrons. The molecule has 1 atom stereocenters. The molecule has 0 aromatic heterocycles. The van der Waals surface area contributed by atoms with Gasteiger partial charge in [0, 0.05) is 23.1 Å². The Labute approximate surface area is 141 Å². The summed E-state index contributed by atoms with van der Waals surface area (Å²) in [5.74, 6) is -0.239. The summed E-state index contributed by atoms with van der Waals surface area (Å²) in [6.45, 7) is 6.42. The smallest absolute Gasteiger partial charge is 0.412 e. The van der Waals surface area contributed by atoms with Gasteiger partial charge in [-0.25, -0.2) is 4.79 Å². The van der Waals surface area contributed by atoms with Crippen molar-refractivity contribution in [3.8, 4) is 0 Å². The van der Waals surface area contributed by atoms with Crippen LogP contribution in [-0.4, -0.2) is 30.7 Å². The van der Waals surface area contributed by atoms with Gasteiger partial charge in [-0.3, -0.25) is 10.1 Å². The summed E-state index contributed by atoms with van der Waals surface area (Å²) in [4.78, 5) is 24.7. The average Bonchev–Trinajstić information content (AvgIpc) is 2.45. The topological polar surface area (TPSA) is 64.6 Å². The van der Waals surface area contributed by atoms with Crippen LogP contribution in [0.2, 0.25) is 5.02 Å². The lowest BCUT2D eigenvalue weighted by molar-refractivity contribution is 0.0462. The fourth-order valence-electron chi connectivity index (χ4n) is 2.42. The Bertz CT molecular complexity index is 589. The van der Waals surface area contributed by atoms with E-state index in [0.29, 0.717) is 29.5 Å². The molecule has 1 amide bonds. The van der Waals surface area contributed by atoms with Crippen molar-refractivity contribution in [2.75, 3.05) is 18.5 Å². The van der Waals surface area contributed by atoms with Crippen molar-refractivity contribution >= 4 is 29.2 Å². The number of ether oxygens (including phenoxy) is 2. The van der Waals surface area contributed by atoms with Crippen LogP contribution in [0.5, 0.6) is 0 Å². The van der Waals surface area contributed by atoms with Crippen molar-refractivity contribution in [1.29, 1.82) is 0 Å². The highest BCUT2D eigenvalue weighted by Crippen LogP contribution is 2.27. The first kappa shape index (κ1) is 17.8. The molecule has 0 aliphatic carbocycles. The largest absolute Gasteiger partial charge is 0.444 e. The van der Waals surface area contributed by atoms with Gasteiger partial charge in [0.25, 0.3) is 0 Å². The molecule has 0 spiro atoms. The number of anilines is 1. The molecule has 0 radical (unpaired) electrons. The molecule has 1 unspecified atom stereocenters. The molecular weight excluding hydrogens is 318 g/mol. The van der Waals surface area contributed by atoms with Crippen molar-refractivity contribution in [3.05, 3.63) is 28.8 Å². The van der Waals surface area contributed by atoms with E-state index in [9.17, 15) is 9.59 Å². The molecule has 1 aliphatic rings. The van der Waals surface area contributed by atoms with Gasteiger partial charge in [-0.15, -0.1) is 0 Å². The quantitative estimate of drug-likeness (QED) is 0.834. The molecule has 0 bridgehead atoms. The van der Waals surface area contributed by atoms with Crippen LogP contribution in [0.4, 0.5) is 10.5 Å². The Morgan fingerprint density at radius 2 is 2.09 bits per heavy atom. The van der Waals surface area contributed by atoms with Crippen molar-refractivity contribution in [2.24, 2.45) is 5.92 Å². The van der Waals surface area contributed by atoms with E-state index in [2.05, 4.69) is 5.32 Å². The van der Waals surface area contributed by atoms with Crippen LogP contribution < -0.4 is 5.32 Å². The number of nitrogens with one attached hydrogen (secondary N) is 1. The van der Waals surface area contributed by atoms with Crippen molar-refractivity contribution < 1.29 is 19.1 Å². The number of hydrogen-bond acceptors (Lipinski definition) is 4. The summed E-state index contributed by atoms with van der Waals surface area (Å²) < 4.78 is 10.6. The highest BCUT2D eigenvalue weighted by Gasteiger charge is 2.26. The zero-order chi connectivity index (χ0) is 17.0. The van der Waals surface area contributed by atoms with Gasteiger partial charge in [0.2, 0.25) is 0 Å². The first-order valence-corrected chi connectivity index (χ1v) is 8.05. The Hall–Kier alpha value is -1.59. The van der Waals surface area contributed by atoms with Crippen LogP contribution in [0, 0.1) is 5.92 Å². The predicted molar refractivity (Wildman–Crippen MR) is 89.2 cm³/mol. The van der Waals surface area contributed by atoms with Gasteiger partial charge in [0.05, 0.1) is 12.3 Å². The highest BCUT2D eigenvalue weighted by atomic mass is 35.5. The van der Waals surface area contributed by atoms with Crippen LogP contribution in [0.15, 0.2) is 18.2 Å². The fourth-order valence-corrected chi connectivity index (χ4v) is 2.59. The minimum absolute atomic E-state index is 0.0487. The summed E-state index contributed by atoms with van der Waals surface area (Å²) in [6, 6.07) is 4.83. The molecular formula is C17H22ClNO4. The van der Waals surface area contributed by atoms with E-state index in [-0.39, 0.29) is 11.7 Å². The van der Waals surface area contributed by atoms with Gasteiger partial charge >= 0.3 is 6.09 Å². The second kappa shape index (κ2) is 7.32. The maximum atomic E-state index is 12.7. The molecule has 1 aliphatic heterocycles. The van der Waals surface area contributed by atoms with Gasteiger partial charge in [-0.05, 0) is 51.8 Å². The summed E-state index contributed by atoms with van der Waals surface area (Å²) in [6.07, 6.45) is 1.03. The van der Waals surface area contributed by atoms with Crippen LogP contribution in [-0.2, 0) is 9.47 Å². The summed E-state index contributed by atoms with van der Waals surface area (Å²) in [7, 11) is 0. The van der Waals surface area contributed by atoms with Crippen molar-refractivity contribution in [1.82, 2.24) is 0 Å². The number of hydrogen-bond donors (Lipinski definition) is 1. The number of halogens is 1. The number of carbonyl (C=O) groups excluding carboxylic acids is 2. The summed E-state index contributed by atoms with van der Waals surface area (Å²) in [5.41, 5.74) is 0.169. The standard InChI is InChI=1S/C17H22ClNO4/c1-17(2,3)23-16(21)19-14-9-12(18)6-7-13(14)15(20)11-5-4-8-22-10-11/h6-7,9,11H,4-5,8,10H2,1-3H3,(H,19,21). The third kappa shape index (κ3) is 5.22. The normalized spacial score (nSPS) is 18.3. The molecule has 1 saturated heterocycles. The van der Waals surface area contributed by atoms with Gasteiger partial charge < -0.3 is 9.47 Å². The van der Waals surface area contributed by atoms with E-state index >= 15 is 0 Å². The van der Waals surface area contributed by atoms with Crippen LogP contribution >= 0.6 is 11.6 Å². The number of amides is 1. The first-order valence-electron chi connectivity index (χ1n) is 7.68. The summed E-state index contributed by atoms with van der Waals surface area (Å²) >= 11 is 6.00. The Balaban J connectivity index is 2.19. The van der Waals surface area contributed by atoms with Gasteiger partial charge in [-0.1, -0.05) is 11.6 Å². The zero-order valence-electron chi connectivity index (χ0n) is 13.6. The summed E-state index contributed by atoms with van der Waals surface area (Å²) in [5, 5.41) is 3.06. The van der Waals surface area contributed by atoms with Crippen molar-refractivity contribution in [2.45, 2.75) is 39.2 Å². The molecule has 1 heterocycles. The van der Waals surface area contributed by atoms with E-state index in [1.165, 1.54) is 0 Å². The molecule has 1 aromatic carbocycles. The molecule has 1 aromatic rings. The van der Waals surface area contributed by atoms with Gasteiger partial charge in [0.15, 0.2) is 5.78 Å². The Kier molecular flexibility index (Phi) is 5.65. The van der Waals surface area contributed by atoms with Gasteiger partial charge in [0.1, 0.15) is 5.60 Å². The molecule has 1 N–H and O–H groups in total. The third-order valence-electron chi connectivity index (χ3n) is 3.41. The third-order valence-corrected chi connectivity index (χ3v) is 3.65. The Morgan fingerprint density at radius 1 is 1.35 bits per heavy atom. The van der Waals surface area contributed by atoms with E-state index < -0.39 is 11.7 Å². The monoisotopic (exact) mass is 339 g/mol. The molecule has 5 nitrogen and oxygen atoms in total. The maximum Gasteiger partial charge on any atom is 0.412 e. The SMILES string of the molecule is CC(C)(C)OC(=O)Nc1cc(Cl)ccc1C(=O)C1CCCOC1. The molecule has 0 saturated carbocycles. The van der Waals surface area contributed by atoms with Crippen LogP contribution in [0.3, 0.4) is 0 Å². The number of benzene rings is 1. The van der Waals surface area contributed by atoms with Gasteiger partial charge in [-0.2, -0.15) is 0 Å². The molecule has 6 heteroatoms. The molecule has 23 heavy (non-hydrogen) atoms. The van der Waals surface area contributed by atoms with E-state index in [0.717, 1.165) is 12.8 Å². The van der Waals surface area contributed by atoms with Crippen LogP contribution in [0.1, 0.15) is 44.0 Å². The number of rotatable bonds is 3. The highest BCUT2D eigenvalue weighted by molar-refractivity contribution is 6.31.